The number of nitrogens with zero attached hydrogens (tertiary/aromatic N) is 3. The van der Waals surface area contributed by atoms with Crippen LogP contribution in [0.15, 0.2) is 29.3 Å². The van der Waals surface area contributed by atoms with Gasteiger partial charge in [0.25, 0.3) is 0 Å². The lowest BCUT2D eigenvalue weighted by molar-refractivity contribution is 0.392. The molecule has 6 heteroatoms. The summed E-state index contributed by atoms with van der Waals surface area (Å²) in [6, 6.07) is 8.08. The Morgan fingerprint density at radius 1 is 1.20 bits per heavy atom. The Hall–Kier alpha value is -0.390. The van der Waals surface area contributed by atoms with Gasteiger partial charge in [0.2, 0.25) is 0 Å². The predicted molar refractivity (Wildman–Crippen MR) is 92.7 cm³/mol. The zero-order valence-electron chi connectivity index (χ0n) is 11.1. The van der Waals surface area contributed by atoms with Crippen LogP contribution in [0.4, 0.5) is 5.69 Å². The van der Waals surface area contributed by atoms with Crippen molar-refractivity contribution in [1.82, 2.24) is 4.90 Å². The molecule has 1 aromatic rings. The number of alkyl halides is 1. The standard InChI is InChI=1S/C14H17BrClN3S/c15-9-11-10-17-14(20-11)19-7-5-18(6-8-19)13-4-2-1-3-12(13)16/h1-4,11H,5-10H2. The van der Waals surface area contributed by atoms with Gasteiger partial charge >= 0.3 is 0 Å². The van der Waals surface area contributed by atoms with Gasteiger partial charge in [0.15, 0.2) is 5.17 Å². The Balaban J connectivity index is 1.59. The van der Waals surface area contributed by atoms with Gasteiger partial charge in [-0.2, -0.15) is 0 Å². The molecule has 1 fully saturated rings. The van der Waals surface area contributed by atoms with Crippen LogP contribution >= 0.6 is 39.3 Å². The SMILES string of the molecule is Clc1ccccc1N1CCN(C2=NCC(CBr)S2)CC1. The normalized spacial score (nSPS) is 23.1. The molecule has 2 aliphatic heterocycles. The highest BCUT2D eigenvalue weighted by atomic mass is 79.9. The number of para-hydroxylation sites is 1. The van der Waals surface area contributed by atoms with Gasteiger partial charge in [-0.3, -0.25) is 4.99 Å². The highest BCUT2D eigenvalue weighted by Crippen LogP contribution is 2.28. The maximum absolute atomic E-state index is 6.27. The second kappa shape index (κ2) is 6.58. The summed E-state index contributed by atoms with van der Waals surface area (Å²) in [6.07, 6.45) is 0. The third-order valence-electron chi connectivity index (χ3n) is 3.62. The Bertz CT molecular complexity index is 503. The number of aliphatic imine (C=N–C) groups is 1. The third-order valence-corrected chi connectivity index (χ3v) is 6.39. The summed E-state index contributed by atoms with van der Waals surface area (Å²) in [5, 5.41) is 3.68. The van der Waals surface area contributed by atoms with Crippen molar-refractivity contribution in [2.75, 3.05) is 43.0 Å². The first-order chi connectivity index (χ1) is 9.78. The van der Waals surface area contributed by atoms with E-state index in [4.69, 9.17) is 11.6 Å². The van der Waals surface area contributed by atoms with Crippen LogP contribution in [0.3, 0.4) is 0 Å². The lowest BCUT2D eigenvalue weighted by Gasteiger charge is -2.37. The molecule has 3 rings (SSSR count). The van der Waals surface area contributed by atoms with Crippen LogP contribution in [0, 0.1) is 0 Å². The van der Waals surface area contributed by atoms with Gasteiger partial charge in [0, 0.05) is 36.8 Å². The van der Waals surface area contributed by atoms with Crippen LogP contribution in [0.25, 0.3) is 0 Å². The highest BCUT2D eigenvalue weighted by molar-refractivity contribution is 9.09. The molecule has 108 valence electrons. The molecule has 3 nitrogen and oxygen atoms in total. The monoisotopic (exact) mass is 373 g/mol. The van der Waals surface area contributed by atoms with E-state index in [1.807, 2.05) is 30.0 Å². The number of rotatable bonds is 2. The molecule has 0 spiro atoms. The van der Waals surface area contributed by atoms with Crippen molar-refractivity contribution in [3.63, 3.8) is 0 Å². The largest absolute Gasteiger partial charge is 0.367 e. The van der Waals surface area contributed by atoms with Gasteiger partial charge in [-0.1, -0.05) is 51.4 Å². The van der Waals surface area contributed by atoms with Crippen molar-refractivity contribution in [2.45, 2.75) is 5.25 Å². The molecule has 0 N–H and O–H groups in total. The number of benzene rings is 1. The average molecular weight is 375 g/mol. The van der Waals surface area contributed by atoms with Gasteiger partial charge in [-0.15, -0.1) is 0 Å². The average Bonchev–Trinajstić information content (AvgIpc) is 2.97. The molecular weight excluding hydrogens is 358 g/mol. The molecule has 2 heterocycles. The zero-order chi connectivity index (χ0) is 13.9. The molecular formula is C14H17BrClN3S. The fourth-order valence-electron chi connectivity index (χ4n) is 2.51. The van der Waals surface area contributed by atoms with E-state index >= 15 is 0 Å². The van der Waals surface area contributed by atoms with E-state index in [1.165, 1.54) is 5.17 Å². The van der Waals surface area contributed by atoms with Crippen molar-refractivity contribution < 1.29 is 0 Å². The maximum Gasteiger partial charge on any atom is 0.159 e. The number of hydrogen-bond donors (Lipinski definition) is 0. The molecule has 0 aromatic heterocycles. The minimum Gasteiger partial charge on any atom is -0.367 e. The molecule has 0 radical (unpaired) electrons. The van der Waals surface area contributed by atoms with Gasteiger partial charge in [0.05, 0.1) is 17.3 Å². The number of amidine groups is 1. The molecule has 1 saturated heterocycles. The summed E-state index contributed by atoms with van der Waals surface area (Å²) in [5.41, 5.74) is 1.15. The highest BCUT2D eigenvalue weighted by Gasteiger charge is 2.26. The van der Waals surface area contributed by atoms with Crippen molar-refractivity contribution in [3.05, 3.63) is 29.3 Å². The topological polar surface area (TPSA) is 18.8 Å². The summed E-state index contributed by atoms with van der Waals surface area (Å²) >= 11 is 11.7. The number of hydrogen-bond acceptors (Lipinski definition) is 4. The van der Waals surface area contributed by atoms with Crippen molar-refractivity contribution in [2.24, 2.45) is 4.99 Å². The quantitative estimate of drug-likeness (QED) is 0.740. The molecule has 2 aliphatic rings. The summed E-state index contributed by atoms with van der Waals surface area (Å²) in [6.45, 7) is 4.98. The first kappa shape index (κ1) is 14.5. The Morgan fingerprint density at radius 2 is 1.90 bits per heavy atom. The minimum absolute atomic E-state index is 0.603. The summed E-state index contributed by atoms with van der Waals surface area (Å²) in [5.74, 6) is 0. The number of thioether (sulfide) groups is 1. The molecule has 0 bridgehead atoms. The van der Waals surface area contributed by atoms with Gasteiger partial charge < -0.3 is 9.80 Å². The van der Waals surface area contributed by atoms with Crippen molar-refractivity contribution >= 4 is 50.1 Å². The van der Waals surface area contributed by atoms with Crippen molar-refractivity contribution in [1.29, 1.82) is 0 Å². The van der Waals surface area contributed by atoms with Crippen LogP contribution in [0.5, 0.6) is 0 Å². The van der Waals surface area contributed by atoms with E-state index in [9.17, 15) is 0 Å². The van der Waals surface area contributed by atoms with Crippen LogP contribution in [0.1, 0.15) is 0 Å². The lowest BCUT2D eigenvalue weighted by Crippen LogP contribution is -2.48. The van der Waals surface area contributed by atoms with Crippen LogP contribution in [-0.4, -0.2) is 53.4 Å². The van der Waals surface area contributed by atoms with E-state index in [1.54, 1.807) is 0 Å². The van der Waals surface area contributed by atoms with E-state index in [2.05, 4.69) is 36.8 Å². The molecule has 0 amide bonds. The molecule has 1 unspecified atom stereocenters. The summed E-state index contributed by atoms with van der Waals surface area (Å²) < 4.78 is 0. The van der Waals surface area contributed by atoms with Crippen LogP contribution in [0.2, 0.25) is 5.02 Å². The first-order valence-corrected chi connectivity index (χ1v) is 9.17. The minimum atomic E-state index is 0.603. The summed E-state index contributed by atoms with van der Waals surface area (Å²) in [4.78, 5) is 9.42. The smallest absolute Gasteiger partial charge is 0.159 e. The first-order valence-electron chi connectivity index (χ1n) is 6.79. The number of piperazine rings is 1. The van der Waals surface area contributed by atoms with E-state index in [-0.39, 0.29) is 0 Å². The Labute approximate surface area is 137 Å². The van der Waals surface area contributed by atoms with Gasteiger partial charge in [-0.25, -0.2) is 0 Å². The van der Waals surface area contributed by atoms with Crippen LogP contribution < -0.4 is 4.90 Å². The zero-order valence-corrected chi connectivity index (χ0v) is 14.3. The second-order valence-corrected chi connectivity index (χ2v) is 7.27. The molecule has 20 heavy (non-hydrogen) atoms. The van der Waals surface area contributed by atoms with Gasteiger partial charge in [0.1, 0.15) is 0 Å². The maximum atomic E-state index is 6.27. The second-order valence-electron chi connectivity index (χ2n) is 4.94. The fourth-order valence-corrected chi connectivity index (χ4v) is 4.35. The number of halogens is 2. The van der Waals surface area contributed by atoms with E-state index in [0.717, 1.165) is 48.8 Å². The molecule has 1 atom stereocenters. The predicted octanol–water partition coefficient (Wildman–Crippen LogP) is 3.33. The molecule has 0 aliphatic carbocycles. The van der Waals surface area contributed by atoms with Crippen molar-refractivity contribution in [3.8, 4) is 0 Å². The number of anilines is 1. The Kier molecular flexibility index (Phi) is 4.79. The van der Waals surface area contributed by atoms with E-state index in [0.29, 0.717) is 5.25 Å². The van der Waals surface area contributed by atoms with Crippen LogP contribution in [-0.2, 0) is 0 Å². The molecule has 0 saturated carbocycles. The fraction of sp³-hybridized carbons (Fsp3) is 0.500. The summed E-state index contributed by atoms with van der Waals surface area (Å²) in [7, 11) is 0. The van der Waals surface area contributed by atoms with Gasteiger partial charge in [-0.05, 0) is 12.1 Å². The molecule has 1 aromatic carbocycles. The Morgan fingerprint density at radius 3 is 2.55 bits per heavy atom. The lowest BCUT2D eigenvalue weighted by atomic mass is 10.2. The van der Waals surface area contributed by atoms with E-state index < -0.39 is 0 Å². The third kappa shape index (κ3) is 3.10.